The monoisotopic (exact) mass is 385 g/mol. The quantitative estimate of drug-likeness (QED) is 0.486. The molecular formula is C20H35NO4S. The van der Waals surface area contributed by atoms with Gasteiger partial charge in [0, 0.05) is 6.61 Å². The van der Waals surface area contributed by atoms with Crippen molar-refractivity contribution < 1.29 is 18.3 Å². The second-order valence-corrected chi connectivity index (χ2v) is 8.72. The van der Waals surface area contributed by atoms with E-state index < -0.39 is 16.1 Å². The third-order valence-corrected chi connectivity index (χ3v) is 6.22. The zero-order valence-electron chi connectivity index (χ0n) is 16.5. The first kappa shape index (κ1) is 22.9. The van der Waals surface area contributed by atoms with Crippen molar-refractivity contribution in [3.63, 3.8) is 0 Å². The smallest absolute Gasteiger partial charge is 0.234 e. The average Bonchev–Trinajstić information content (AvgIpc) is 2.65. The Morgan fingerprint density at radius 2 is 1.65 bits per heavy atom. The summed E-state index contributed by atoms with van der Waals surface area (Å²) in [4.78, 5) is 0. The Hall–Kier alpha value is -1.11. The predicted molar refractivity (Wildman–Crippen MR) is 108 cm³/mol. The summed E-state index contributed by atoms with van der Waals surface area (Å²) in [6.07, 6.45) is 5.49. The van der Waals surface area contributed by atoms with Crippen LogP contribution >= 0.6 is 0 Å². The van der Waals surface area contributed by atoms with E-state index in [0.29, 0.717) is 25.4 Å². The number of anilines is 1. The lowest BCUT2D eigenvalue weighted by atomic mass is 10.0. The van der Waals surface area contributed by atoms with Crippen LogP contribution in [0.1, 0.15) is 71.0 Å². The number of hydrogen-bond donors (Lipinski definition) is 1. The van der Waals surface area contributed by atoms with E-state index in [1.54, 1.807) is 19.1 Å². The first-order valence-corrected chi connectivity index (χ1v) is 11.4. The van der Waals surface area contributed by atoms with Crippen LogP contribution in [0, 0.1) is 0 Å². The standard InChI is InChI=1S/C20H35NO4S/c1-4-7-9-10-20(22)18-11-13-19(14-12-18)21(26(23,24)6-3)15-17-25-16-8-5-2/h11-14,20,22H,4-10,15-17H2,1-3H3. The van der Waals surface area contributed by atoms with Crippen LogP contribution < -0.4 is 4.31 Å². The fourth-order valence-corrected chi connectivity index (χ4v) is 3.80. The van der Waals surface area contributed by atoms with Gasteiger partial charge in [-0.3, -0.25) is 4.31 Å². The Bertz CT molecular complexity index is 586. The lowest BCUT2D eigenvalue weighted by Gasteiger charge is -2.24. The highest BCUT2D eigenvalue weighted by atomic mass is 32.2. The molecule has 0 fully saturated rings. The number of rotatable bonds is 14. The Kier molecular flexibility index (Phi) is 10.9. The van der Waals surface area contributed by atoms with Gasteiger partial charge in [-0.1, -0.05) is 51.7 Å². The van der Waals surface area contributed by atoms with Crippen molar-refractivity contribution in [1.29, 1.82) is 0 Å². The molecule has 0 spiro atoms. The van der Waals surface area contributed by atoms with Gasteiger partial charge in [-0.25, -0.2) is 8.42 Å². The summed E-state index contributed by atoms with van der Waals surface area (Å²) in [6.45, 7) is 7.20. The molecule has 0 heterocycles. The zero-order valence-corrected chi connectivity index (χ0v) is 17.3. The van der Waals surface area contributed by atoms with E-state index in [9.17, 15) is 13.5 Å². The summed E-state index contributed by atoms with van der Waals surface area (Å²) in [5.74, 6) is 0.0450. The van der Waals surface area contributed by atoms with Gasteiger partial charge in [0.2, 0.25) is 10.0 Å². The van der Waals surface area contributed by atoms with Gasteiger partial charge in [-0.05, 0) is 37.5 Å². The second kappa shape index (κ2) is 12.3. The fourth-order valence-electron chi connectivity index (χ4n) is 2.70. The number of ether oxygens (including phenoxy) is 1. The molecule has 0 saturated carbocycles. The van der Waals surface area contributed by atoms with Gasteiger partial charge in [0.15, 0.2) is 0 Å². The van der Waals surface area contributed by atoms with Crippen molar-refractivity contribution in [1.82, 2.24) is 0 Å². The van der Waals surface area contributed by atoms with E-state index in [1.165, 1.54) is 4.31 Å². The third-order valence-electron chi connectivity index (χ3n) is 4.43. The molecule has 0 aliphatic rings. The summed E-state index contributed by atoms with van der Waals surface area (Å²) < 4.78 is 31.8. The minimum atomic E-state index is -3.37. The molecule has 5 nitrogen and oxygen atoms in total. The first-order valence-electron chi connectivity index (χ1n) is 9.82. The van der Waals surface area contributed by atoms with Gasteiger partial charge in [0.25, 0.3) is 0 Å². The van der Waals surface area contributed by atoms with Gasteiger partial charge >= 0.3 is 0 Å². The maximum Gasteiger partial charge on any atom is 0.234 e. The number of benzene rings is 1. The van der Waals surface area contributed by atoms with Crippen molar-refractivity contribution in [2.24, 2.45) is 0 Å². The van der Waals surface area contributed by atoms with Crippen LogP contribution in [-0.2, 0) is 14.8 Å². The van der Waals surface area contributed by atoms with Crippen LogP contribution in [0.5, 0.6) is 0 Å². The molecule has 1 aromatic carbocycles. The van der Waals surface area contributed by atoms with Crippen molar-refractivity contribution in [3.8, 4) is 0 Å². The van der Waals surface area contributed by atoms with Crippen LogP contribution in [0.3, 0.4) is 0 Å². The molecule has 6 heteroatoms. The van der Waals surface area contributed by atoms with Crippen molar-refractivity contribution in [2.45, 2.75) is 65.4 Å². The Balaban J connectivity index is 2.77. The number of aliphatic hydroxyl groups excluding tert-OH is 1. The molecule has 0 radical (unpaired) electrons. The van der Waals surface area contributed by atoms with E-state index in [4.69, 9.17) is 4.74 Å². The Morgan fingerprint density at radius 3 is 2.23 bits per heavy atom. The molecule has 0 saturated heterocycles. The number of hydrogen-bond acceptors (Lipinski definition) is 4. The molecule has 26 heavy (non-hydrogen) atoms. The molecule has 1 aromatic rings. The van der Waals surface area contributed by atoms with E-state index in [-0.39, 0.29) is 5.75 Å². The first-order chi connectivity index (χ1) is 12.5. The highest BCUT2D eigenvalue weighted by Gasteiger charge is 2.20. The highest BCUT2D eigenvalue weighted by molar-refractivity contribution is 7.92. The molecule has 1 rings (SSSR count). The third kappa shape index (κ3) is 7.64. The fraction of sp³-hybridized carbons (Fsp3) is 0.700. The van der Waals surface area contributed by atoms with Crippen LogP contribution in [0.15, 0.2) is 24.3 Å². The molecule has 1 N–H and O–H groups in total. The maximum absolute atomic E-state index is 12.4. The summed E-state index contributed by atoms with van der Waals surface area (Å²) >= 11 is 0. The van der Waals surface area contributed by atoms with Gasteiger partial charge in [0.1, 0.15) is 0 Å². The summed E-state index contributed by atoms with van der Waals surface area (Å²) in [7, 11) is -3.37. The van der Waals surface area contributed by atoms with E-state index >= 15 is 0 Å². The number of aliphatic hydroxyl groups is 1. The summed E-state index contributed by atoms with van der Waals surface area (Å²) in [6, 6.07) is 7.19. The lowest BCUT2D eigenvalue weighted by molar-refractivity contribution is 0.139. The summed E-state index contributed by atoms with van der Waals surface area (Å²) in [5, 5.41) is 10.3. The molecule has 0 bridgehead atoms. The number of nitrogens with zero attached hydrogens (tertiary/aromatic N) is 1. The second-order valence-electron chi connectivity index (χ2n) is 6.54. The van der Waals surface area contributed by atoms with E-state index in [1.807, 2.05) is 12.1 Å². The van der Waals surface area contributed by atoms with Crippen molar-refractivity contribution >= 4 is 15.7 Å². The minimum Gasteiger partial charge on any atom is -0.388 e. The van der Waals surface area contributed by atoms with Crippen molar-refractivity contribution in [3.05, 3.63) is 29.8 Å². The van der Waals surface area contributed by atoms with Crippen molar-refractivity contribution in [2.75, 3.05) is 29.8 Å². The van der Waals surface area contributed by atoms with Crippen LogP contribution in [0.25, 0.3) is 0 Å². The molecule has 150 valence electrons. The van der Waals surface area contributed by atoms with Gasteiger partial charge in [-0.15, -0.1) is 0 Å². The Morgan fingerprint density at radius 1 is 1.00 bits per heavy atom. The van der Waals surface area contributed by atoms with Gasteiger partial charge in [-0.2, -0.15) is 0 Å². The topological polar surface area (TPSA) is 66.8 Å². The van der Waals surface area contributed by atoms with E-state index in [2.05, 4.69) is 13.8 Å². The van der Waals surface area contributed by atoms with Gasteiger partial charge < -0.3 is 9.84 Å². The highest BCUT2D eigenvalue weighted by Crippen LogP contribution is 2.24. The SMILES string of the molecule is CCCCCC(O)c1ccc(N(CCOCCCC)S(=O)(=O)CC)cc1. The van der Waals surface area contributed by atoms with Crippen LogP contribution in [-0.4, -0.2) is 39.0 Å². The molecule has 1 atom stereocenters. The molecule has 1 unspecified atom stereocenters. The van der Waals surface area contributed by atoms with Gasteiger partial charge in [0.05, 0.1) is 30.7 Å². The number of sulfonamides is 1. The van der Waals surface area contributed by atoms with Crippen LogP contribution in [0.2, 0.25) is 0 Å². The Labute approximate surface area is 159 Å². The lowest BCUT2D eigenvalue weighted by Crippen LogP contribution is -2.35. The molecule has 0 aliphatic heterocycles. The zero-order chi connectivity index (χ0) is 19.4. The normalized spacial score (nSPS) is 12.9. The van der Waals surface area contributed by atoms with E-state index in [0.717, 1.165) is 44.1 Å². The molecular weight excluding hydrogens is 350 g/mol. The molecule has 0 aromatic heterocycles. The largest absolute Gasteiger partial charge is 0.388 e. The summed E-state index contributed by atoms with van der Waals surface area (Å²) in [5.41, 5.74) is 1.45. The van der Waals surface area contributed by atoms with Crippen LogP contribution in [0.4, 0.5) is 5.69 Å². The maximum atomic E-state index is 12.4. The molecule has 0 amide bonds. The molecule has 0 aliphatic carbocycles. The average molecular weight is 386 g/mol. The number of unbranched alkanes of at least 4 members (excludes halogenated alkanes) is 3. The minimum absolute atomic E-state index is 0.0450. The predicted octanol–water partition coefficient (Wildman–Crippen LogP) is 4.27.